The molecule has 0 aliphatic rings. The van der Waals surface area contributed by atoms with Crippen molar-refractivity contribution in [2.24, 2.45) is 11.8 Å². The summed E-state index contributed by atoms with van der Waals surface area (Å²) < 4.78 is 9.66. The molecule has 0 amide bonds. The lowest BCUT2D eigenvalue weighted by Gasteiger charge is -2.11. The molecule has 0 spiro atoms. The standard InChI is InChI=1S/C9H18O2.C7H14O2.I2/c1-4-7-8(5-2)9(10)11-6-3;1-4-6(3)7(8)9-5-2;1-2/h8H,4-7H2,1-3H3;6H,4-5H2,1-3H3;. The Balaban J connectivity index is -0.000000299. The molecule has 0 N–H and O–H groups in total. The van der Waals surface area contributed by atoms with Crippen LogP contribution in [0.15, 0.2) is 0 Å². The highest BCUT2D eigenvalue weighted by atomic mass is 128. The van der Waals surface area contributed by atoms with Gasteiger partial charge in [-0.1, -0.05) is 34.1 Å². The fourth-order valence-electron chi connectivity index (χ4n) is 1.55. The Morgan fingerprint density at radius 3 is 1.64 bits per heavy atom. The van der Waals surface area contributed by atoms with Gasteiger partial charge in [-0.3, -0.25) is 9.59 Å². The normalized spacial score (nSPS) is 11.8. The van der Waals surface area contributed by atoms with Gasteiger partial charge >= 0.3 is 11.9 Å². The first-order valence-corrected chi connectivity index (χ1v) is 14.2. The van der Waals surface area contributed by atoms with Gasteiger partial charge in [0.25, 0.3) is 0 Å². The summed E-state index contributed by atoms with van der Waals surface area (Å²) in [5.41, 5.74) is 0. The van der Waals surface area contributed by atoms with E-state index in [9.17, 15) is 9.59 Å². The molecule has 0 fully saturated rings. The number of esters is 2. The van der Waals surface area contributed by atoms with E-state index in [1.807, 2.05) is 34.6 Å². The van der Waals surface area contributed by atoms with Crippen LogP contribution in [-0.4, -0.2) is 25.2 Å². The summed E-state index contributed by atoms with van der Waals surface area (Å²) in [6.07, 6.45) is 3.76. The first-order valence-electron chi connectivity index (χ1n) is 7.95. The summed E-state index contributed by atoms with van der Waals surface area (Å²) in [4.78, 5) is 21.9. The van der Waals surface area contributed by atoms with E-state index < -0.39 is 0 Å². The molecule has 4 nitrogen and oxygen atoms in total. The fourth-order valence-corrected chi connectivity index (χ4v) is 1.55. The van der Waals surface area contributed by atoms with Crippen molar-refractivity contribution in [3.05, 3.63) is 0 Å². The summed E-state index contributed by atoms with van der Waals surface area (Å²) in [6, 6.07) is 0. The fraction of sp³-hybridized carbons (Fsp3) is 0.875. The van der Waals surface area contributed by atoms with Crippen molar-refractivity contribution in [3.8, 4) is 0 Å². The number of hydrogen-bond acceptors (Lipinski definition) is 4. The molecule has 0 radical (unpaired) electrons. The predicted molar refractivity (Wildman–Crippen MR) is 109 cm³/mol. The Kier molecular flexibility index (Phi) is 26.5. The maximum Gasteiger partial charge on any atom is 0.308 e. The maximum absolute atomic E-state index is 11.1. The van der Waals surface area contributed by atoms with E-state index in [0.717, 1.165) is 25.7 Å². The first kappa shape index (κ1) is 27.3. The van der Waals surface area contributed by atoms with Gasteiger partial charge in [0.15, 0.2) is 0 Å². The van der Waals surface area contributed by atoms with Crippen molar-refractivity contribution < 1.29 is 19.1 Å². The highest BCUT2D eigenvalue weighted by Gasteiger charge is 2.15. The van der Waals surface area contributed by atoms with E-state index in [-0.39, 0.29) is 23.8 Å². The van der Waals surface area contributed by atoms with Gasteiger partial charge in [0.1, 0.15) is 0 Å². The number of halogens is 2. The van der Waals surface area contributed by atoms with Crippen LogP contribution in [0.4, 0.5) is 0 Å². The van der Waals surface area contributed by atoms with Gasteiger partial charge < -0.3 is 9.47 Å². The third-order valence-corrected chi connectivity index (χ3v) is 3.05. The van der Waals surface area contributed by atoms with Gasteiger partial charge in [-0.25, -0.2) is 0 Å². The molecule has 0 aromatic carbocycles. The molecule has 134 valence electrons. The average molecular weight is 542 g/mol. The van der Waals surface area contributed by atoms with E-state index in [2.05, 4.69) is 44.2 Å². The van der Waals surface area contributed by atoms with Crippen molar-refractivity contribution in [1.82, 2.24) is 0 Å². The van der Waals surface area contributed by atoms with Crippen LogP contribution in [0.2, 0.25) is 0 Å². The van der Waals surface area contributed by atoms with E-state index in [1.54, 1.807) is 0 Å². The van der Waals surface area contributed by atoms with Crippen LogP contribution in [0.5, 0.6) is 0 Å². The molecule has 0 saturated heterocycles. The zero-order valence-corrected chi connectivity index (χ0v) is 19.1. The quantitative estimate of drug-likeness (QED) is 0.290. The van der Waals surface area contributed by atoms with Crippen molar-refractivity contribution in [1.29, 1.82) is 0 Å². The van der Waals surface area contributed by atoms with Gasteiger partial charge in [-0.15, -0.1) is 0 Å². The summed E-state index contributed by atoms with van der Waals surface area (Å²) in [5.74, 6) is 0.0711. The molecule has 0 aromatic rings. The molecule has 2 unspecified atom stereocenters. The summed E-state index contributed by atoms with van der Waals surface area (Å²) in [7, 11) is 0. The van der Waals surface area contributed by atoms with Crippen LogP contribution in [0.25, 0.3) is 0 Å². The first-order chi connectivity index (χ1) is 10.5. The molecule has 0 saturated carbocycles. The van der Waals surface area contributed by atoms with Crippen LogP contribution >= 0.6 is 37.2 Å². The van der Waals surface area contributed by atoms with Crippen LogP contribution in [0, 0.1) is 11.8 Å². The summed E-state index contributed by atoms with van der Waals surface area (Å²) in [5, 5.41) is 0. The molecule has 22 heavy (non-hydrogen) atoms. The Labute approximate surface area is 159 Å². The smallest absolute Gasteiger partial charge is 0.308 e. The monoisotopic (exact) mass is 542 g/mol. The lowest BCUT2D eigenvalue weighted by atomic mass is 10.0. The third kappa shape index (κ3) is 16.8. The molecular formula is C16H32I2O4. The van der Waals surface area contributed by atoms with Crippen molar-refractivity contribution >= 4 is 49.2 Å². The number of carbonyl (C=O) groups is 2. The molecule has 2 atom stereocenters. The van der Waals surface area contributed by atoms with Gasteiger partial charge in [0.2, 0.25) is 0 Å². The zero-order valence-electron chi connectivity index (χ0n) is 14.8. The summed E-state index contributed by atoms with van der Waals surface area (Å²) >= 11 is 4.24. The molecular weight excluding hydrogens is 510 g/mol. The molecule has 0 heterocycles. The Morgan fingerprint density at radius 2 is 1.32 bits per heavy atom. The van der Waals surface area contributed by atoms with E-state index in [4.69, 9.17) is 9.47 Å². The largest absolute Gasteiger partial charge is 0.466 e. The van der Waals surface area contributed by atoms with Gasteiger partial charge in [0, 0.05) is 37.2 Å². The SMILES string of the molecule is CCCC(CC)C(=O)OCC.CCOC(=O)C(C)CC.II. The maximum atomic E-state index is 11.1. The number of carbonyl (C=O) groups excluding carboxylic acids is 2. The average Bonchev–Trinajstić information content (AvgIpc) is 2.54. The second-order valence-electron chi connectivity index (χ2n) is 4.71. The van der Waals surface area contributed by atoms with Crippen molar-refractivity contribution in [3.63, 3.8) is 0 Å². The second kappa shape index (κ2) is 21.4. The molecule has 0 rings (SSSR count). The van der Waals surface area contributed by atoms with Gasteiger partial charge in [0.05, 0.1) is 25.0 Å². The molecule has 0 aromatic heterocycles. The highest BCUT2D eigenvalue weighted by Crippen LogP contribution is 2.12. The zero-order chi connectivity index (χ0) is 18.0. The topological polar surface area (TPSA) is 52.6 Å². The molecule has 6 heteroatoms. The lowest BCUT2D eigenvalue weighted by molar-refractivity contribution is -0.148. The van der Waals surface area contributed by atoms with Crippen LogP contribution < -0.4 is 0 Å². The summed E-state index contributed by atoms with van der Waals surface area (Å²) in [6.45, 7) is 12.6. The van der Waals surface area contributed by atoms with Gasteiger partial charge in [-0.05, 0) is 33.1 Å². The second-order valence-corrected chi connectivity index (χ2v) is 4.71. The highest BCUT2D eigenvalue weighted by molar-refractivity contribution is 15.0. The number of rotatable bonds is 8. The van der Waals surface area contributed by atoms with E-state index in [1.165, 1.54) is 0 Å². The molecule has 0 aliphatic carbocycles. The Morgan fingerprint density at radius 1 is 0.864 bits per heavy atom. The molecule has 0 aliphatic heterocycles. The Bertz CT molecular complexity index is 261. The Hall–Kier alpha value is 0.400. The third-order valence-electron chi connectivity index (χ3n) is 3.05. The van der Waals surface area contributed by atoms with Gasteiger partial charge in [-0.2, -0.15) is 0 Å². The number of hydrogen-bond donors (Lipinski definition) is 0. The minimum Gasteiger partial charge on any atom is -0.466 e. The van der Waals surface area contributed by atoms with Crippen LogP contribution in [-0.2, 0) is 19.1 Å². The van der Waals surface area contributed by atoms with Crippen molar-refractivity contribution in [2.45, 2.75) is 67.2 Å². The minimum atomic E-state index is -0.0833. The molecule has 0 bridgehead atoms. The minimum absolute atomic E-state index is 0.0307. The van der Waals surface area contributed by atoms with E-state index >= 15 is 0 Å². The van der Waals surface area contributed by atoms with Crippen molar-refractivity contribution in [2.75, 3.05) is 13.2 Å². The van der Waals surface area contributed by atoms with Crippen LogP contribution in [0.1, 0.15) is 67.2 Å². The van der Waals surface area contributed by atoms with E-state index in [0.29, 0.717) is 13.2 Å². The predicted octanol–water partition coefficient (Wildman–Crippen LogP) is 5.74. The lowest BCUT2D eigenvalue weighted by Crippen LogP contribution is -2.16. The van der Waals surface area contributed by atoms with Crippen LogP contribution in [0.3, 0.4) is 0 Å². The number of ether oxygens (including phenoxy) is 2.